The third-order valence-corrected chi connectivity index (χ3v) is 4.22. The summed E-state index contributed by atoms with van der Waals surface area (Å²) in [4.78, 5) is 7.25. The lowest BCUT2D eigenvalue weighted by atomic mass is 9.92. The highest BCUT2D eigenvalue weighted by Crippen LogP contribution is 2.20. The summed E-state index contributed by atoms with van der Waals surface area (Å²) in [6.07, 6.45) is 3.95. The van der Waals surface area contributed by atoms with Gasteiger partial charge in [0.2, 0.25) is 0 Å². The maximum atomic E-state index is 5.35. The van der Waals surface area contributed by atoms with Crippen molar-refractivity contribution in [3.8, 4) is 0 Å². The van der Waals surface area contributed by atoms with E-state index in [9.17, 15) is 0 Å². The van der Waals surface area contributed by atoms with Crippen LogP contribution in [0.3, 0.4) is 0 Å². The van der Waals surface area contributed by atoms with Crippen molar-refractivity contribution >= 4 is 5.96 Å². The van der Waals surface area contributed by atoms with Crippen LogP contribution in [0.2, 0.25) is 0 Å². The third kappa shape index (κ3) is 6.65. The van der Waals surface area contributed by atoms with Crippen LogP contribution >= 0.6 is 0 Å². The highest BCUT2D eigenvalue weighted by Gasteiger charge is 2.20. The second kappa shape index (κ2) is 9.60. The minimum Gasteiger partial charge on any atom is -0.469 e. The number of hydrogen-bond acceptors (Lipinski definition) is 3. The Morgan fingerprint density at radius 1 is 1.30 bits per heavy atom. The smallest absolute Gasteiger partial charge is 0.191 e. The van der Waals surface area contributed by atoms with Gasteiger partial charge in [0.05, 0.1) is 12.8 Å². The molecule has 2 heterocycles. The molecule has 2 atom stereocenters. The normalized spacial score (nSPS) is 23.0. The Balaban J connectivity index is 1.72. The Labute approximate surface area is 140 Å². The van der Waals surface area contributed by atoms with Gasteiger partial charge in [-0.3, -0.25) is 4.99 Å². The van der Waals surface area contributed by atoms with E-state index in [4.69, 9.17) is 9.41 Å². The Morgan fingerprint density at radius 2 is 2.09 bits per heavy atom. The van der Waals surface area contributed by atoms with Gasteiger partial charge < -0.3 is 20.0 Å². The van der Waals surface area contributed by atoms with Crippen LogP contribution in [-0.2, 0) is 6.42 Å². The molecule has 1 aromatic rings. The Hall–Kier alpha value is -1.49. The molecular weight excluding hydrogens is 288 g/mol. The third-order valence-electron chi connectivity index (χ3n) is 4.22. The SMILES string of the molecule is CCNC(=NCCN1CC(C)CC(C)C1)NCCc1ccco1. The number of furan rings is 1. The van der Waals surface area contributed by atoms with Gasteiger partial charge in [0.1, 0.15) is 5.76 Å². The Kier molecular flexibility index (Phi) is 7.46. The molecule has 2 N–H and O–H groups in total. The lowest BCUT2D eigenvalue weighted by Crippen LogP contribution is -2.41. The topological polar surface area (TPSA) is 52.8 Å². The summed E-state index contributed by atoms with van der Waals surface area (Å²) in [5, 5.41) is 6.68. The van der Waals surface area contributed by atoms with Crippen LogP contribution in [0.15, 0.2) is 27.8 Å². The number of hydrogen-bond donors (Lipinski definition) is 2. The van der Waals surface area contributed by atoms with E-state index in [1.807, 2.05) is 12.1 Å². The first-order valence-corrected chi connectivity index (χ1v) is 8.94. The summed E-state index contributed by atoms with van der Waals surface area (Å²) in [5.74, 6) is 3.52. The quantitative estimate of drug-likeness (QED) is 0.598. The molecule has 0 saturated carbocycles. The van der Waals surface area contributed by atoms with Gasteiger partial charge >= 0.3 is 0 Å². The lowest BCUT2D eigenvalue weighted by Gasteiger charge is -2.34. The Morgan fingerprint density at radius 3 is 2.74 bits per heavy atom. The molecule has 5 heteroatoms. The second-order valence-electron chi connectivity index (χ2n) is 6.72. The fourth-order valence-electron chi connectivity index (χ4n) is 3.38. The van der Waals surface area contributed by atoms with Crippen molar-refractivity contribution in [1.82, 2.24) is 15.5 Å². The molecule has 0 aromatic carbocycles. The van der Waals surface area contributed by atoms with E-state index in [0.717, 1.165) is 56.2 Å². The van der Waals surface area contributed by atoms with Gasteiger partial charge in [-0.15, -0.1) is 0 Å². The number of rotatable bonds is 7. The van der Waals surface area contributed by atoms with Gasteiger partial charge in [-0.2, -0.15) is 0 Å². The molecule has 0 amide bonds. The highest BCUT2D eigenvalue weighted by atomic mass is 16.3. The molecule has 1 fully saturated rings. The first kappa shape index (κ1) is 17.9. The van der Waals surface area contributed by atoms with Gasteiger partial charge in [-0.25, -0.2) is 0 Å². The van der Waals surface area contributed by atoms with E-state index in [0.29, 0.717) is 0 Å². The number of nitrogens with one attached hydrogen (secondary N) is 2. The average Bonchev–Trinajstić information content (AvgIpc) is 2.99. The summed E-state index contributed by atoms with van der Waals surface area (Å²) in [6, 6.07) is 3.93. The molecule has 130 valence electrons. The summed E-state index contributed by atoms with van der Waals surface area (Å²) in [7, 11) is 0. The molecule has 1 aromatic heterocycles. The Bertz CT molecular complexity index is 448. The predicted molar refractivity (Wildman–Crippen MR) is 95.8 cm³/mol. The van der Waals surface area contributed by atoms with Crippen molar-refractivity contribution in [2.75, 3.05) is 39.3 Å². The molecule has 1 aliphatic heterocycles. The van der Waals surface area contributed by atoms with Crippen molar-refractivity contribution < 1.29 is 4.42 Å². The van der Waals surface area contributed by atoms with E-state index >= 15 is 0 Å². The number of guanidine groups is 1. The molecular formula is C18H32N4O. The van der Waals surface area contributed by atoms with E-state index in [-0.39, 0.29) is 0 Å². The van der Waals surface area contributed by atoms with E-state index < -0.39 is 0 Å². The van der Waals surface area contributed by atoms with Crippen LogP contribution in [-0.4, -0.2) is 50.1 Å². The lowest BCUT2D eigenvalue weighted by molar-refractivity contribution is 0.145. The zero-order valence-electron chi connectivity index (χ0n) is 14.8. The summed E-state index contributed by atoms with van der Waals surface area (Å²) < 4.78 is 5.35. The maximum absolute atomic E-state index is 5.35. The average molecular weight is 320 g/mol. The fourth-order valence-corrected chi connectivity index (χ4v) is 3.38. The number of aliphatic imine (C=N–C) groups is 1. The summed E-state index contributed by atoms with van der Waals surface area (Å²) in [6.45, 7) is 12.8. The first-order valence-electron chi connectivity index (χ1n) is 8.94. The molecule has 0 radical (unpaired) electrons. The molecule has 0 aliphatic carbocycles. The molecule has 0 bridgehead atoms. The molecule has 2 unspecified atom stereocenters. The van der Waals surface area contributed by atoms with Gasteiger partial charge in [0.25, 0.3) is 0 Å². The van der Waals surface area contributed by atoms with Crippen LogP contribution in [0.25, 0.3) is 0 Å². The number of likely N-dealkylation sites (tertiary alicyclic amines) is 1. The zero-order chi connectivity index (χ0) is 16.5. The van der Waals surface area contributed by atoms with Gasteiger partial charge in [0, 0.05) is 39.1 Å². The maximum Gasteiger partial charge on any atom is 0.191 e. The van der Waals surface area contributed by atoms with Crippen molar-refractivity contribution in [3.05, 3.63) is 24.2 Å². The van der Waals surface area contributed by atoms with Crippen molar-refractivity contribution in [3.63, 3.8) is 0 Å². The zero-order valence-corrected chi connectivity index (χ0v) is 14.8. The molecule has 1 saturated heterocycles. The molecule has 1 aliphatic rings. The highest BCUT2D eigenvalue weighted by molar-refractivity contribution is 5.79. The minimum atomic E-state index is 0.808. The van der Waals surface area contributed by atoms with Gasteiger partial charge in [0.15, 0.2) is 5.96 Å². The predicted octanol–water partition coefficient (Wildman–Crippen LogP) is 2.36. The first-order chi connectivity index (χ1) is 11.2. The molecule has 0 spiro atoms. The number of piperidine rings is 1. The van der Waals surface area contributed by atoms with E-state index in [2.05, 4.69) is 36.3 Å². The van der Waals surface area contributed by atoms with Crippen molar-refractivity contribution in [2.24, 2.45) is 16.8 Å². The number of nitrogens with zero attached hydrogens (tertiary/aromatic N) is 2. The van der Waals surface area contributed by atoms with E-state index in [1.54, 1.807) is 6.26 Å². The van der Waals surface area contributed by atoms with Gasteiger partial charge in [-0.05, 0) is 37.3 Å². The van der Waals surface area contributed by atoms with Crippen LogP contribution in [0.5, 0.6) is 0 Å². The molecule has 2 rings (SSSR count). The van der Waals surface area contributed by atoms with Crippen molar-refractivity contribution in [2.45, 2.75) is 33.6 Å². The van der Waals surface area contributed by atoms with Crippen LogP contribution in [0, 0.1) is 11.8 Å². The minimum absolute atomic E-state index is 0.808. The standard InChI is InChI=1S/C18H32N4O/c1-4-19-18(20-8-7-17-6-5-11-23-17)21-9-10-22-13-15(2)12-16(3)14-22/h5-6,11,15-16H,4,7-10,12-14H2,1-3H3,(H2,19,20,21). The summed E-state index contributed by atoms with van der Waals surface area (Å²) in [5.41, 5.74) is 0. The molecule has 5 nitrogen and oxygen atoms in total. The molecule has 23 heavy (non-hydrogen) atoms. The van der Waals surface area contributed by atoms with Gasteiger partial charge in [-0.1, -0.05) is 13.8 Å². The van der Waals surface area contributed by atoms with Crippen LogP contribution in [0.4, 0.5) is 0 Å². The summed E-state index contributed by atoms with van der Waals surface area (Å²) >= 11 is 0. The van der Waals surface area contributed by atoms with Crippen LogP contribution < -0.4 is 10.6 Å². The van der Waals surface area contributed by atoms with Crippen molar-refractivity contribution in [1.29, 1.82) is 0 Å². The second-order valence-corrected chi connectivity index (χ2v) is 6.72. The van der Waals surface area contributed by atoms with E-state index in [1.165, 1.54) is 19.5 Å². The fraction of sp³-hybridized carbons (Fsp3) is 0.722. The largest absolute Gasteiger partial charge is 0.469 e. The van der Waals surface area contributed by atoms with Crippen LogP contribution in [0.1, 0.15) is 33.0 Å². The monoisotopic (exact) mass is 320 g/mol.